The second kappa shape index (κ2) is 3.85. The van der Waals surface area contributed by atoms with Crippen LogP contribution in [0.1, 0.15) is 41.5 Å². The van der Waals surface area contributed by atoms with Gasteiger partial charge in [0.25, 0.3) is 0 Å². The summed E-state index contributed by atoms with van der Waals surface area (Å²) in [5.74, 6) is -1.20. The zero-order valence-electron chi connectivity index (χ0n) is 11.6. The molecule has 0 aromatic carbocycles. The van der Waals surface area contributed by atoms with E-state index < -0.39 is 34.8 Å². The molecule has 1 fully saturated rings. The zero-order chi connectivity index (χ0) is 14.5. The summed E-state index contributed by atoms with van der Waals surface area (Å²) in [6.07, 6.45) is -2.02. The maximum absolute atomic E-state index is 11.6. The maximum atomic E-state index is 11.6. The normalized spacial score (nSPS) is 31.4. The van der Waals surface area contributed by atoms with Crippen LogP contribution in [0.25, 0.3) is 0 Å². The lowest BCUT2D eigenvalue weighted by atomic mass is 9.77. The number of hydrogen-bond acceptors (Lipinski definition) is 3. The fraction of sp³-hybridized carbons (Fsp3) is 0.833. The number of nitrogens with zero attached hydrogens (tertiary/aromatic N) is 1. The van der Waals surface area contributed by atoms with Gasteiger partial charge >= 0.3 is 12.1 Å². The molecule has 0 aromatic heterocycles. The molecule has 6 nitrogen and oxygen atoms in total. The van der Waals surface area contributed by atoms with Crippen molar-refractivity contribution in [3.8, 4) is 0 Å². The predicted molar refractivity (Wildman–Crippen MR) is 64.3 cm³/mol. The third-order valence-corrected chi connectivity index (χ3v) is 3.33. The quantitative estimate of drug-likeness (QED) is 0.752. The summed E-state index contributed by atoms with van der Waals surface area (Å²) < 4.78 is 5.73. The minimum atomic E-state index is -1.60. The van der Waals surface area contributed by atoms with Gasteiger partial charge in [-0.05, 0) is 26.2 Å². The van der Waals surface area contributed by atoms with Crippen molar-refractivity contribution in [2.24, 2.45) is 5.41 Å². The largest absolute Gasteiger partial charge is 0.479 e. The molecule has 1 rings (SSSR count). The standard InChI is InChI=1S/C12H21NO5/c1-10(2,3)7-12(6,8(14)15)13(9(16)17)11(4,5)18-7/h7H,1-6H3,(H,14,15)(H,16,17). The van der Waals surface area contributed by atoms with Gasteiger partial charge in [-0.1, -0.05) is 20.8 Å². The highest BCUT2D eigenvalue weighted by Crippen LogP contribution is 2.46. The Bertz CT molecular complexity index is 384. The Labute approximate surface area is 107 Å². The Morgan fingerprint density at radius 2 is 1.61 bits per heavy atom. The van der Waals surface area contributed by atoms with Gasteiger partial charge < -0.3 is 14.9 Å². The SMILES string of the molecule is CC(C)(C)C1OC(C)(C)N(C(=O)O)C1(C)C(=O)O. The summed E-state index contributed by atoms with van der Waals surface area (Å²) >= 11 is 0. The van der Waals surface area contributed by atoms with Crippen molar-refractivity contribution >= 4 is 12.1 Å². The minimum Gasteiger partial charge on any atom is -0.479 e. The first-order valence-electron chi connectivity index (χ1n) is 5.79. The van der Waals surface area contributed by atoms with Crippen LogP contribution >= 0.6 is 0 Å². The molecule has 0 aromatic rings. The van der Waals surface area contributed by atoms with E-state index in [4.69, 9.17) is 4.74 Å². The van der Waals surface area contributed by atoms with E-state index in [-0.39, 0.29) is 0 Å². The van der Waals surface area contributed by atoms with Crippen molar-refractivity contribution in [1.82, 2.24) is 4.90 Å². The molecule has 2 atom stereocenters. The summed E-state index contributed by atoms with van der Waals surface area (Å²) in [7, 11) is 0. The monoisotopic (exact) mass is 259 g/mol. The maximum Gasteiger partial charge on any atom is 0.410 e. The number of carboxylic acids is 1. The second-order valence-corrected chi connectivity index (χ2v) is 6.38. The number of carboxylic acid groups (broad SMARTS) is 2. The van der Waals surface area contributed by atoms with Crippen molar-refractivity contribution in [3.05, 3.63) is 0 Å². The van der Waals surface area contributed by atoms with Crippen LogP contribution in [0.15, 0.2) is 0 Å². The van der Waals surface area contributed by atoms with E-state index >= 15 is 0 Å². The van der Waals surface area contributed by atoms with Crippen LogP contribution in [-0.2, 0) is 9.53 Å². The van der Waals surface area contributed by atoms with Crippen molar-refractivity contribution in [2.45, 2.75) is 58.9 Å². The van der Waals surface area contributed by atoms with Crippen molar-refractivity contribution in [2.75, 3.05) is 0 Å². The first kappa shape index (κ1) is 14.8. The molecule has 2 N–H and O–H groups in total. The van der Waals surface area contributed by atoms with Crippen LogP contribution in [0.3, 0.4) is 0 Å². The molecular weight excluding hydrogens is 238 g/mol. The molecule has 0 spiro atoms. The summed E-state index contributed by atoms with van der Waals surface area (Å²) in [4.78, 5) is 23.9. The van der Waals surface area contributed by atoms with Gasteiger partial charge in [-0.2, -0.15) is 0 Å². The first-order valence-corrected chi connectivity index (χ1v) is 5.79. The number of aliphatic carboxylic acids is 1. The molecule has 6 heteroatoms. The van der Waals surface area contributed by atoms with Crippen molar-refractivity contribution in [3.63, 3.8) is 0 Å². The lowest BCUT2D eigenvalue weighted by Gasteiger charge is -2.38. The molecule has 104 valence electrons. The van der Waals surface area contributed by atoms with E-state index in [0.717, 1.165) is 4.90 Å². The van der Waals surface area contributed by atoms with Gasteiger partial charge in [-0.3, -0.25) is 4.90 Å². The smallest absolute Gasteiger partial charge is 0.410 e. The van der Waals surface area contributed by atoms with Gasteiger partial charge in [0.05, 0.1) is 6.10 Å². The van der Waals surface area contributed by atoms with Gasteiger partial charge in [0.2, 0.25) is 0 Å². The Kier molecular flexibility index (Phi) is 3.15. The van der Waals surface area contributed by atoms with Gasteiger partial charge in [0.15, 0.2) is 5.54 Å². The van der Waals surface area contributed by atoms with Gasteiger partial charge in [0, 0.05) is 0 Å². The number of hydrogen-bond donors (Lipinski definition) is 2. The van der Waals surface area contributed by atoms with Crippen molar-refractivity contribution < 1.29 is 24.5 Å². The molecule has 0 bridgehead atoms. The molecule has 0 saturated carbocycles. The van der Waals surface area contributed by atoms with E-state index in [1.807, 2.05) is 20.8 Å². The summed E-state index contributed by atoms with van der Waals surface area (Å²) in [5, 5.41) is 18.8. The summed E-state index contributed by atoms with van der Waals surface area (Å²) in [5.41, 5.74) is -3.26. The van der Waals surface area contributed by atoms with Crippen LogP contribution in [0.5, 0.6) is 0 Å². The Balaban J connectivity index is 3.43. The number of ether oxygens (including phenoxy) is 1. The van der Waals surface area contributed by atoms with E-state index in [1.165, 1.54) is 6.92 Å². The summed E-state index contributed by atoms with van der Waals surface area (Å²) in [6, 6.07) is 0. The fourth-order valence-electron chi connectivity index (χ4n) is 2.79. The molecule has 1 amide bonds. The molecule has 0 radical (unpaired) electrons. The van der Waals surface area contributed by atoms with Gasteiger partial charge in [-0.25, -0.2) is 9.59 Å². The first-order chi connectivity index (χ1) is 7.85. The molecule has 1 aliphatic rings. The van der Waals surface area contributed by atoms with Gasteiger partial charge in [-0.15, -0.1) is 0 Å². The molecular formula is C12H21NO5. The molecule has 18 heavy (non-hydrogen) atoms. The highest BCUT2D eigenvalue weighted by molar-refractivity contribution is 5.85. The average Bonchev–Trinajstić information content (AvgIpc) is 2.33. The number of amides is 1. The van der Waals surface area contributed by atoms with Crippen LogP contribution < -0.4 is 0 Å². The van der Waals surface area contributed by atoms with E-state index in [1.54, 1.807) is 13.8 Å². The highest BCUT2D eigenvalue weighted by Gasteiger charge is 2.65. The molecule has 2 unspecified atom stereocenters. The van der Waals surface area contributed by atoms with Crippen LogP contribution in [0, 0.1) is 5.41 Å². The van der Waals surface area contributed by atoms with Crippen LogP contribution in [0.4, 0.5) is 4.79 Å². The third-order valence-electron chi connectivity index (χ3n) is 3.33. The Hall–Kier alpha value is -1.30. The lowest BCUT2D eigenvalue weighted by Crippen LogP contribution is -2.61. The fourth-order valence-corrected chi connectivity index (χ4v) is 2.79. The zero-order valence-corrected chi connectivity index (χ0v) is 11.6. The van der Waals surface area contributed by atoms with Crippen molar-refractivity contribution in [1.29, 1.82) is 0 Å². The van der Waals surface area contributed by atoms with Gasteiger partial charge in [0.1, 0.15) is 5.72 Å². The molecule has 0 aliphatic carbocycles. The molecule has 1 heterocycles. The minimum absolute atomic E-state index is 0.491. The molecule has 1 aliphatic heterocycles. The highest BCUT2D eigenvalue weighted by atomic mass is 16.6. The predicted octanol–water partition coefficient (Wildman–Crippen LogP) is 1.99. The third kappa shape index (κ3) is 1.94. The Morgan fingerprint density at radius 1 is 1.17 bits per heavy atom. The number of rotatable bonds is 1. The lowest BCUT2D eigenvalue weighted by molar-refractivity contribution is -0.151. The molecule has 1 saturated heterocycles. The van der Waals surface area contributed by atoms with E-state index in [2.05, 4.69) is 0 Å². The van der Waals surface area contributed by atoms with Crippen LogP contribution in [-0.4, -0.2) is 44.5 Å². The van der Waals surface area contributed by atoms with E-state index in [0.29, 0.717) is 0 Å². The second-order valence-electron chi connectivity index (χ2n) is 6.38. The van der Waals surface area contributed by atoms with E-state index in [9.17, 15) is 19.8 Å². The topological polar surface area (TPSA) is 87.1 Å². The Morgan fingerprint density at radius 3 is 1.89 bits per heavy atom. The number of carbonyl (C=O) groups is 2. The summed E-state index contributed by atoms with van der Waals surface area (Å²) in [6.45, 7) is 10.0. The average molecular weight is 259 g/mol. The van der Waals surface area contributed by atoms with Crippen LogP contribution in [0.2, 0.25) is 0 Å².